The summed E-state index contributed by atoms with van der Waals surface area (Å²) in [4.78, 5) is 16.7. The number of hydrogen-bond acceptors (Lipinski definition) is 3. The lowest BCUT2D eigenvalue weighted by molar-refractivity contribution is -0.129. The molecule has 2 unspecified atom stereocenters. The van der Waals surface area contributed by atoms with Gasteiger partial charge in [0.1, 0.15) is 0 Å². The van der Waals surface area contributed by atoms with Gasteiger partial charge in [-0.2, -0.15) is 0 Å². The molecule has 2 aromatic rings. The first-order valence-corrected chi connectivity index (χ1v) is 8.16. The van der Waals surface area contributed by atoms with Crippen molar-refractivity contribution in [3.8, 4) is 0 Å². The number of ether oxygens (including phenoxy) is 1. The highest BCUT2D eigenvalue weighted by Crippen LogP contribution is 2.25. The van der Waals surface area contributed by atoms with E-state index in [9.17, 15) is 4.79 Å². The molecule has 0 spiro atoms. The number of fused-ring (bicyclic) bond motifs is 1. The Labute approximate surface area is 137 Å². The van der Waals surface area contributed by atoms with Gasteiger partial charge in [-0.3, -0.25) is 9.78 Å². The smallest absolute Gasteiger partial charge is 0.225 e. The SMILES string of the molecule is CC(C)(C)C(=O)NC1COCC1Cc1ccnc2ccccc12. The molecule has 4 heteroatoms. The van der Waals surface area contributed by atoms with Crippen LogP contribution in [0.3, 0.4) is 0 Å². The summed E-state index contributed by atoms with van der Waals surface area (Å²) in [6.45, 7) is 7.08. The second-order valence-corrected chi connectivity index (χ2v) is 7.32. The van der Waals surface area contributed by atoms with Crippen LogP contribution in [0.4, 0.5) is 0 Å². The van der Waals surface area contributed by atoms with Crippen molar-refractivity contribution in [1.29, 1.82) is 0 Å². The number of amides is 1. The predicted molar refractivity (Wildman–Crippen MR) is 91.1 cm³/mol. The van der Waals surface area contributed by atoms with Crippen LogP contribution in [0, 0.1) is 11.3 Å². The minimum atomic E-state index is -0.378. The average Bonchev–Trinajstić information content (AvgIpc) is 2.94. The summed E-state index contributed by atoms with van der Waals surface area (Å²) in [7, 11) is 0. The fourth-order valence-electron chi connectivity index (χ4n) is 2.96. The Morgan fingerprint density at radius 3 is 2.83 bits per heavy atom. The van der Waals surface area contributed by atoms with Crippen molar-refractivity contribution in [3.63, 3.8) is 0 Å². The Balaban J connectivity index is 1.77. The highest BCUT2D eigenvalue weighted by molar-refractivity contribution is 5.82. The largest absolute Gasteiger partial charge is 0.379 e. The van der Waals surface area contributed by atoms with Crippen LogP contribution in [0.2, 0.25) is 0 Å². The predicted octanol–water partition coefficient (Wildman–Crippen LogP) is 2.95. The van der Waals surface area contributed by atoms with E-state index in [2.05, 4.69) is 22.4 Å². The standard InChI is InChI=1S/C19H24N2O2/c1-19(2,3)18(22)21-17-12-23-11-14(17)10-13-8-9-20-16-7-5-4-6-15(13)16/h4-9,14,17H,10-12H2,1-3H3,(H,21,22). The lowest BCUT2D eigenvalue weighted by Gasteiger charge is -2.24. The summed E-state index contributed by atoms with van der Waals surface area (Å²) in [5.74, 6) is 0.379. The molecule has 4 nitrogen and oxygen atoms in total. The first-order chi connectivity index (χ1) is 10.9. The Kier molecular flexibility index (Phi) is 4.35. The first-order valence-electron chi connectivity index (χ1n) is 8.16. The number of pyridine rings is 1. The van der Waals surface area contributed by atoms with Crippen molar-refractivity contribution < 1.29 is 9.53 Å². The highest BCUT2D eigenvalue weighted by atomic mass is 16.5. The molecule has 122 valence electrons. The average molecular weight is 312 g/mol. The number of aromatic nitrogens is 1. The normalized spacial score (nSPS) is 21.5. The maximum Gasteiger partial charge on any atom is 0.225 e. The number of rotatable bonds is 3. The molecule has 0 bridgehead atoms. The summed E-state index contributed by atoms with van der Waals surface area (Å²) >= 11 is 0. The molecule has 2 atom stereocenters. The monoisotopic (exact) mass is 312 g/mol. The molecule has 0 aliphatic carbocycles. The molecule has 1 N–H and O–H groups in total. The van der Waals surface area contributed by atoms with Crippen molar-refractivity contribution in [2.45, 2.75) is 33.2 Å². The van der Waals surface area contributed by atoms with Crippen molar-refractivity contribution in [2.75, 3.05) is 13.2 Å². The van der Waals surface area contributed by atoms with Crippen LogP contribution in [0.1, 0.15) is 26.3 Å². The Bertz CT molecular complexity index is 701. The molecule has 1 fully saturated rings. The van der Waals surface area contributed by atoms with Crippen LogP contribution in [-0.2, 0) is 16.0 Å². The van der Waals surface area contributed by atoms with Gasteiger partial charge in [0.2, 0.25) is 5.91 Å². The van der Waals surface area contributed by atoms with Gasteiger partial charge in [0.15, 0.2) is 0 Å². The number of hydrogen-bond donors (Lipinski definition) is 1. The van der Waals surface area contributed by atoms with E-state index < -0.39 is 0 Å². The molecule has 1 amide bonds. The molecule has 2 heterocycles. The third kappa shape index (κ3) is 3.53. The summed E-state index contributed by atoms with van der Waals surface area (Å²) < 4.78 is 5.64. The first kappa shape index (κ1) is 15.9. The van der Waals surface area contributed by atoms with Crippen LogP contribution in [0.5, 0.6) is 0 Å². The van der Waals surface area contributed by atoms with E-state index in [0.717, 1.165) is 11.9 Å². The molecule has 0 radical (unpaired) electrons. The van der Waals surface area contributed by atoms with E-state index in [1.807, 2.05) is 45.2 Å². The van der Waals surface area contributed by atoms with Gasteiger partial charge < -0.3 is 10.1 Å². The molecule has 1 saturated heterocycles. The van der Waals surface area contributed by atoms with Gasteiger partial charge in [-0.25, -0.2) is 0 Å². The molecular formula is C19H24N2O2. The van der Waals surface area contributed by atoms with Crippen LogP contribution in [0.15, 0.2) is 36.5 Å². The Morgan fingerprint density at radius 2 is 2.04 bits per heavy atom. The number of carbonyl (C=O) groups is 1. The lowest BCUT2D eigenvalue weighted by atomic mass is 9.91. The summed E-state index contributed by atoms with van der Waals surface area (Å²) in [5, 5.41) is 4.34. The van der Waals surface area contributed by atoms with Crippen LogP contribution >= 0.6 is 0 Å². The molecule has 0 saturated carbocycles. The van der Waals surface area contributed by atoms with E-state index in [4.69, 9.17) is 4.74 Å². The van der Waals surface area contributed by atoms with Crippen molar-refractivity contribution in [2.24, 2.45) is 11.3 Å². The van der Waals surface area contributed by atoms with E-state index in [-0.39, 0.29) is 17.4 Å². The van der Waals surface area contributed by atoms with Crippen LogP contribution < -0.4 is 5.32 Å². The summed E-state index contributed by atoms with van der Waals surface area (Å²) in [6.07, 6.45) is 2.74. The third-order valence-corrected chi connectivity index (χ3v) is 4.42. The molecule has 3 rings (SSSR count). The minimum Gasteiger partial charge on any atom is -0.379 e. The van der Waals surface area contributed by atoms with Crippen molar-refractivity contribution in [1.82, 2.24) is 10.3 Å². The van der Waals surface area contributed by atoms with Crippen molar-refractivity contribution >= 4 is 16.8 Å². The van der Waals surface area contributed by atoms with Gasteiger partial charge >= 0.3 is 0 Å². The molecule has 1 aliphatic rings. The molecular weight excluding hydrogens is 288 g/mol. The maximum absolute atomic E-state index is 12.3. The minimum absolute atomic E-state index is 0.0775. The molecule has 1 aromatic heterocycles. The number of nitrogens with one attached hydrogen (secondary N) is 1. The highest BCUT2D eigenvalue weighted by Gasteiger charge is 2.32. The van der Waals surface area contributed by atoms with Gasteiger partial charge in [0.05, 0.1) is 24.8 Å². The molecule has 23 heavy (non-hydrogen) atoms. The number of benzene rings is 1. The quantitative estimate of drug-likeness (QED) is 0.948. The number of nitrogens with zero attached hydrogens (tertiary/aromatic N) is 1. The van der Waals surface area contributed by atoms with Gasteiger partial charge in [0.25, 0.3) is 0 Å². The summed E-state index contributed by atoms with van der Waals surface area (Å²) in [5.41, 5.74) is 1.90. The third-order valence-electron chi connectivity index (χ3n) is 4.42. The van der Waals surface area contributed by atoms with E-state index >= 15 is 0 Å². The van der Waals surface area contributed by atoms with Crippen LogP contribution in [0.25, 0.3) is 10.9 Å². The Morgan fingerprint density at radius 1 is 1.26 bits per heavy atom. The second-order valence-electron chi connectivity index (χ2n) is 7.32. The van der Waals surface area contributed by atoms with Crippen molar-refractivity contribution in [3.05, 3.63) is 42.1 Å². The van der Waals surface area contributed by atoms with Gasteiger partial charge in [-0.05, 0) is 24.1 Å². The van der Waals surface area contributed by atoms with Gasteiger partial charge in [-0.15, -0.1) is 0 Å². The molecule has 1 aromatic carbocycles. The summed E-state index contributed by atoms with van der Waals surface area (Å²) in [6, 6.07) is 10.3. The molecule has 1 aliphatic heterocycles. The van der Waals surface area contributed by atoms with E-state index in [0.29, 0.717) is 19.1 Å². The van der Waals surface area contributed by atoms with Crippen LogP contribution in [-0.4, -0.2) is 30.1 Å². The number of carbonyl (C=O) groups excluding carboxylic acids is 1. The van der Waals surface area contributed by atoms with E-state index in [1.165, 1.54) is 10.9 Å². The zero-order valence-corrected chi connectivity index (χ0v) is 14.0. The topological polar surface area (TPSA) is 51.2 Å². The fraction of sp³-hybridized carbons (Fsp3) is 0.474. The Hall–Kier alpha value is -1.94. The van der Waals surface area contributed by atoms with E-state index in [1.54, 1.807) is 0 Å². The lowest BCUT2D eigenvalue weighted by Crippen LogP contribution is -2.45. The zero-order valence-electron chi connectivity index (χ0n) is 14.0. The second kappa shape index (κ2) is 6.28. The zero-order chi connectivity index (χ0) is 16.4. The number of para-hydroxylation sites is 1. The van der Waals surface area contributed by atoms with Gasteiger partial charge in [-0.1, -0.05) is 39.0 Å². The van der Waals surface area contributed by atoms with Gasteiger partial charge in [0, 0.05) is 22.9 Å². The maximum atomic E-state index is 12.3. The fourth-order valence-corrected chi connectivity index (χ4v) is 2.96.